The molecule has 0 spiro atoms. The second kappa shape index (κ2) is 5.49. The summed E-state index contributed by atoms with van der Waals surface area (Å²) in [5, 5.41) is 8.14. The van der Waals surface area contributed by atoms with E-state index in [2.05, 4.69) is 10.2 Å². The third-order valence-corrected chi connectivity index (χ3v) is 4.78. The zero-order valence-electron chi connectivity index (χ0n) is 13.3. The fourth-order valence-electron chi connectivity index (χ4n) is 3.35. The van der Waals surface area contributed by atoms with Crippen molar-refractivity contribution in [1.82, 2.24) is 19.7 Å². The van der Waals surface area contributed by atoms with E-state index in [1.165, 1.54) is 0 Å². The summed E-state index contributed by atoms with van der Waals surface area (Å²) in [5.74, 6) is 2.01. The van der Waals surface area contributed by atoms with E-state index in [1.807, 2.05) is 16.5 Å². The van der Waals surface area contributed by atoms with E-state index in [9.17, 15) is 4.79 Å². The van der Waals surface area contributed by atoms with Gasteiger partial charge in [-0.1, -0.05) is 0 Å². The minimum atomic E-state index is -0.123. The summed E-state index contributed by atoms with van der Waals surface area (Å²) >= 11 is 0. The van der Waals surface area contributed by atoms with Crippen molar-refractivity contribution in [1.29, 1.82) is 0 Å². The number of amides is 1. The summed E-state index contributed by atoms with van der Waals surface area (Å²) in [5.41, 5.74) is 0.677. The molecule has 23 heavy (non-hydrogen) atoms. The Bertz CT molecular complexity index is 718. The number of hydrogen-bond acceptors (Lipinski definition) is 5. The Morgan fingerprint density at radius 3 is 2.91 bits per heavy atom. The Kier molecular flexibility index (Phi) is 3.45. The Morgan fingerprint density at radius 1 is 1.43 bits per heavy atom. The highest BCUT2D eigenvalue weighted by molar-refractivity contribution is 5.96. The van der Waals surface area contributed by atoms with Gasteiger partial charge in [-0.15, -0.1) is 10.2 Å². The van der Waals surface area contributed by atoms with Gasteiger partial charge in [-0.05, 0) is 18.9 Å². The van der Waals surface area contributed by atoms with Crippen LogP contribution < -0.4 is 0 Å². The van der Waals surface area contributed by atoms with E-state index < -0.39 is 0 Å². The maximum absolute atomic E-state index is 13.1. The summed E-state index contributed by atoms with van der Waals surface area (Å²) in [7, 11) is 3.57. The van der Waals surface area contributed by atoms with Crippen molar-refractivity contribution in [2.24, 2.45) is 7.05 Å². The normalized spacial score (nSPS) is 24.3. The molecule has 3 heterocycles. The molecule has 2 aromatic rings. The van der Waals surface area contributed by atoms with Gasteiger partial charge in [0.15, 0.2) is 5.82 Å². The maximum Gasteiger partial charge on any atom is 0.258 e. The van der Waals surface area contributed by atoms with Crippen LogP contribution in [0.5, 0.6) is 0 Å². The van der Waals surface area contributed by atoms with Gasteiger partial charge in [0.25, 0.3) is 5.91 Å². The minimum absolute atomic E-state index is 0.00630. The van der Waals surface area contributed by atoms with E-state index in [1.54, 1.807) is 25.8 Å². The van der Waals surface area contributed by atoms with Crippen LogP contribution in [0.1, 0.15) is 53.2 Å². The lowest BCUT2D eigenvalue weighted by atomic mass is 10.1. The highest BCUT2D eigenvalue weighted by Crippen LogP contribution is 2.43. The maximum atomic E-state index is 13.1. The van der Waals surface area contributed by atoms with E-state index in [4.69, 9.17) is 9.15 Å². The first-order valence-corrected chi connectivity index (χ1v) is 7.94. The number of hydrogen-bond donors (Lipinski definition) is 0. The highest BCUT2D eigenvalue weighted by atomic mass is 16.5. The number of carbonyl (C=O) groups is 1. The first-order valence-electron chi connectivity index (χ1n) is 7.94. The number of aromatic nitrogens is 3. The molecule has 7 nitrogen and oxygen atoms in total. The molecule has 7 heteroatoms. The molecule has 2 atom stereocenters. The van der Waals surface area contributed by atoms with E-state index >= 15 is 0 Å². The van der Waals surface area contributed by atoms with E-state index in [0.29, 0.717) is 18.0 Å². The van der Waals surface area contributed by atoms with Crippen molar-refractivity contribution in [3.05, 3.63) is 35.8 Å². The molecule has 1 amide bonds. The highest BCUT2D eigenvalue weighted by Gasteiger charge is 2.41. The van der Waals surface area contributed by atoms with Crippen molar-refractivity contribution in [2.75, 3.05) is 13.7 Å². The number of aryl methyl sites for hydroxylation is 1. The Morgan fingerprint density at radius 2 is 2.26 bits per heavy atom. The van der Waals surface area contributed by atoms with Gasteiger partial charge < -0.3 is 18.6 Å². The molecule has 0 bridgehead atoms. The van der Waals surface area contributed by atoms with Gasteiger partial charge >= 0.3 is 0 Å². The number of ether oxygens (including phenoxy) is 1. The zero-order valence-corrected chi connectivity index (χ0v) is 13.3. The first-order chi connectivity index (χ1) is 11.2. The molecule has 0 unspecified atom stereocenters. The summed E-state index contributed by atoms with van der Waals surface area (Å²) in [6.45, 7) is 0.558. The van der Waals surface area contributed by atoms with Gasteiger partial charge in [-0.2, -0.15) is 0 Å². The van der Waals surface area contributed by atoms with Gasteiger partial charge in [0.2, 0.25) is 0 Å². The summed E-state index contributed by atoms with van der Waals surface area (Å²) in [6.07, 6.45) is 6.21. The SMILES string of the molecule is CO[C@@H]1C[C@@H](c2nncn2C)N(C(=O)c2ccoc2C2CC2)C1. The average Bonchev–Trinajstić information content (AvgIpc) is 2.99. The zero-order chi connectivity index (χ0) is 16.0. The molecule has 4 rings (SSSR count). The molecular formula is C16H20N4O3. The quantitative estimate of drug-likeness (QED) is 0.861. The molecular weight excluding hydrogens is 296 g/mol. The van der Waals surface area contributed by atoms with E-state index in [0.717, 1.165) is 30.8 Å². The van der Waals surface area contributed by atoms with Gasteiger partial charge in [0, 0.05) is 33.0 Å². The average molecular weight is 316 g/mol. The van der Waals surface area contributed by atoms with Gasteiger partial charge in [0.1, 0.15) is 12.1 Å². The number of methoxy groups -OCH3 is 1. The molecule has 2 fully saturated rings. The smallest absolute Gasteiger partial charge is 0.258 e. The van der Waals surface area contributed by atoms with Crippen molar-refractivity contribution in [2.45, 2.75) is 37.3 Å². The molecule has 2 aromatic heterocycles. The molecule has 1 saturated heterocycles. The lowest BCUT2D eigenvalue weighted by molar-refractivity contribution is 0.0680. The molecule has 1 aliphatic heterocycles. The number of furan rings is 1. The predicted octanol–water partition coefficient (Wildman–Crippen LogP) is 1.89. The molecule has 0 aromatic carbocycles. The Labute approximate surface area is 134 Å². The largest absolute Gasteiger partial charge is 0.468 e. The van der Waals surface area contributed by atoms with Crippen LogP contribution in [0, 0.1) is 0 Å². The molecule has 122 valence electrons. The number of likely N-dealkylation sites (tertiary alicyclic amines) is 1. The fraction of sp³-hybridized carbons (Fsp3) is 0.562. The fourth-order valence-corrected chi connectivity index (χ4v) is 3.35. The van der Waals surface area contributed by atoms with Crippen molar-refractivity contribution >= 4 is 5.91 Å². The van der Waals surface area contributed by atoms with Crippen molar-refractivity contribution in [3.63, 3.8) is 0 Å². The van der Waals surface area contributed by atoms with E-state index in [-0.39, 0.29) is 18.1 Å². The van der Waals surface area contributed by atoms with Crippen LogP contribution in [0.25, 0.3) is 0 Å². The third kappa shape index (κ3) is 2.45. The van der Waals surface area contributed by atoms with Crippen LogP contribution in [-0.2, 0) is 11.8 Å². The molecule has 0 N–H and O–H groups in total. The van der Waals surface area contributed by atoms with Crippen LogP contribution in [0.3, 0.4) is 0 Å². The summed E-state index contributed by atoms with van der Waals surface area (Å²) in [6, 6.07) is 1.66. The summed E-state index contributed by atoms with van der Waals surface area (Å²) < 4.78 is 12.9. The topological polar surface area (TPSA) is 73.4 Å². The van der Waals surface area contributed by atoms with Crippen LogP contribution in [-0.4, -0.2) is 45.3 Å². The number of carbonyl (C=O) groups excluding carboxylic acids is 1. The molecule has 0 radical (unpaired) electrons. The Balaban J connectivity index is 1.66. The van der Waals surface area contributed by atoms with Gasteiger partial charge in [-0.25, -0.2) is 0 Å². The summed E-state index contributed by atoms with van der Waals surface area (Å²) in [4.78, 5) is 14.9. The van der Waals surface area contributed by atoms with Crippen LogP contribution in [0.2, 0.25) is 0 Å². The third-order valence-electron chi connectivity index (χ3n) is 4.78. The van der Waals surface area contributed by atoms with Gasteiger partial charge in [-0.3, -0.25) is 4.79 Å². The molecule has 2 aliphatic rings. The number of rotatable bonds is 4. The molecule has 1 aliphatic carbocycles. The number of nitrogens with zero attached hydrogens (tertiary/aromatic N) is 4. The first kappa shape index (κ1) is 14.4. The Hall–Kier alpha value is -2.15. The second-order valence-corrected chi connectivity index (χ2v) is 6.34. The van der Waals surface area contributed by atoms with Crippen LogP contribution in [0.4, 0.5) is 0 Å². The van der Waals surface area contributed by atoms with Gasteiger partial charge in [0.05, 0.1) is 24.0 Å². The monoisotopic (exact) mass is 316 g/mol. The van der Waals surface area contributed by atoms with Crippen LogP contribution in [0.15, 0.2) is 23.1 Å². The van der Waals surface area contributed by atoms with Crippen LogP contribution >= 0.6 is 0 Å². The predicted molar refractivity (Wildman–Crippen MR) is 80.9 cm³/mol. The second-order valence-electron chi connectivity index (χ2n) is 6.34. The van der Waals surface area contributed by atoms with Crippen molar-refractivity contribution in [3.8, 4) is 0 Å². The minimum Gasteiger partial charge on any atom is -0.468 e. The lowest BCUT2D eigenvalue weighted by Crippen LogP contribution is -2.33. The lowest BCUT2D eigenvalue weighted by Gasteiger charge is -2.23. The molecule has 1 saturated carbocycles. The standard InChI is InChI=1S/C16H20N4O3/c1-19-9-17-18-15(19)13-7-11(22-2)8-20(13)16(21)12-5-6-23-14(12)10-3-4-10/h5-6,9-11,13H,3-4,7-8H2,1-2H3/t11-,13+/m1/s1. The van der Waals surface area contributed by atoms with Crippen molar-refractivity contribution < 1.29 is 13.9 Å².